The molecule has 2 heteroatoms. The van der Waals surface area contributed by atoms with Gasteiger partial charge in [-0.2, -0.15) is 5.10 Å². The molecule has 3 rings (SSSR count). The molecule has 1 aromatic heterocycles. The molecule has 1 aromatic carbocycles. The third kappa shape index (κ3) is 1.51. The third-order valence-corrected chi connectivity index (χ3v) is 3.99. The molecule has 1 heterocycles. The first kappa shape index (κ1) is 10.6. The van der Waals surface area contributed by atoms with E-state index in [0.717, 1.165) is 6.42 Å². The number of benzene rings is 1. The van der Waals surface area contributed by atoms with Gasteiger partial charge in [-0.3, -0.25) is 5.10 Å². The second kappa shape index (κ2) is 3.46. The van der Waals surface area contributed by atoms with Gasteiger partial charge in [-0.1, -0.05) is 45.0 Å². The van der Waals surface area contributed by atoms with E-state index in [9.17, 15) is 0 Å². The molecule has 1 aliphatic carbocycles. The highest BCUT2D eigenvalue weighted by Gasteiger charge is 2.32. The molecule has 17 heavy (non-hydrogen) atoms. The zero-order valence-corrected chi connectivity index (χ0v) is 10.6. The van der Waals surface area contributed by atoms with Crippen molar-refractivity contribution in [1.82, 2.24) is 10.2 Å². The predicted molar refractivity (Wildman–Crippen MR) is 69.3 cm³/mol. The van der Waals surface area contributed by atoms with Crippen LogP contribution in [0.1, 0.15) is 49.1 Å². The van der Waals surface area contributed by atoms with Crippen molar-refractivity contribution in [3.63, 3.8) is 0 Å². The molecule has 2 aromatic rings. The summed E-state index contributed by atoms with van der Waals surface area (Å²) in [6, 6.07) is 8.80. The maximum atomic E-state index is 4.21. The Morgan fingerprint density at radius 3 is 2.82 bits per heavy atom. The van der Waals surface area contributed by atoms with Crippen molar-refractivity contribution >= 4 is 0 Å². The first-order valence-electron chi connectivity index (χ1n) is 6.21. The first-order chi connectivity index (χ1) is 8.09. The van der Waals surface area contributed by atoms with Crippen molar-refractivity contribution in [2.45, 2.75) is 38.5 Å². The van der Waals surface area contributed by atoms with Crippen LogP contribution >= 0.6 is 0 Å². The summed E-state index contributed by atoms with van der Waals surface area (Å²) >= 11 is 0. The minimum Gasteiger partial charge on any atom is -0.282 e. The van der Waals surface area contributed by atoms with E-state index in [0.29, 0.717) is 5.92 Å². The zero-order chi connectivity index (χ0) is 12.0. The molecule has 88 valence electrons. The average Bonchev–Trinajstić information content (AvgIpc) is 2.72. The molecule has 1 atom stereocenters. The third-order valence-electron chi connectivity index (χ3n) is 3.99. The predicted octanol–water partition coefficient (Wildman–Crippen LogP) is 3.40. The van der Waals surface area contributed by atoms with E-state index in [4.69, 9.17) is 0 Å². The topological polar surface area (TPSA) is 28.7 Å². The number of aromatic amines is 1. The SMILES string of the molecule is CC1c2ccccc2C(C)(C)Cc2[nH]ncc21. The van der Waals surface area contributed by atoms with Crippen LogP contribution in [0.25, 0.3) is 0 Å². The molecule has 0 aliphatic heterocycles. The van der Waals surface area contributed by atoms with Gasteiger partial charge in [0.05, 0.1) is 6.20 Å². The summed E-state index contributed by atoms with van der Waals surface area (Å²) in [6.45, 7) is 6.90. The fourth-order valence-electron chi connectivity index (χ4n) is 3.03. The molecular weight excluding hydrogens is 208 g/mol. The maximum Gasteiger partial charge on any atom is 0.0528 e. The van der Waals surface area contributed by atoms with E-state index in [2.05, 4.69) is 55.2 Å². The summed E-state index contributed by atoms with van der Waals surface area (Å²) in [5, 5.41) is 7.38. The lowest BCUT2D eigenvalue weighted by Gasteiger charge is -2.26. The Bertz CT molecular complexity index is 552. The van der Waals surface area contributed by atoms with Crippen LogP contribution < -0.4 is 0 Å². The van der Waals surface area contributed by atoms with Gasteiger partial charge in [-0.15, -0.1) is 0 Å². The smallest absolute Gasteiger partial charge is 0.0528 e. The van der Waals surface area contributed by atoms with Gasteiger partial charge < -0.3 is 0 Å². The van der Waals surface area contributed by atoms with Crippen LogP contribution in [0.15, 0.2) is 30.5 Å². The van der Waals surface area contributed by atoms with Crippen molar-refractivity contribution in [1.29, 1.82) is 0 Å². The monoisotopic (exact) mass is 226 g/mol. The largest absolute Gasteiger partial charge is 0.282 e. The number of rotatable bonds is 0. The number of hydrogen-bond donors (Lipinski definition) is 1. The van der Waals surface area contributed by atoms with Crippen LogP contribution in [0, 0.1) is 0 Å². The second-order valence-corrected chi connectivity index (χ2v) is 5.67. The summed E-state index contributed by atoms with van der Waals surface area (Å²) in [4.78, 5) is 0. The van der Waals surface area contributed by atoms with Gasteiger partial charge >= 0.3 is 0 Å². The zero-order valence-electron chi connectivity index (χ0n) is 10.6. The number of hydrogen-bond acceptors (Lipinski definition) is 1. The van der Waals surface area contributed by atoms with E-state index in [1.54, 1.807) is 0 Å². The standard InChI is InChI=1S/C15H18N2/c1-10-11-6-4-5-7-13(11)15(2,3)8-14-12(10)9-16-17-14/h4-7,9-10H,8H2,1-3H3,(H,16,17). The number of nitrogens with one attached hydrogen (secondary N) is 1. The highest BCUT2D eigenvalue weighted by Crippen LogP contribution is 2.40. The van der Waals surface area contributed by atoms with Gasteiger partial charge in [-0.25, -0.2) is 0 Å². The van der Waals surface area contributed by atoms with Crippen molar-refractivity contribution < 1.29 is 0 Å². The van der Waals surface area contributed by atoms with Crippen molar-refractivity contribution in [2.75, 3.05) is 0 Å². The van der Waals surface area contributed by atoms with Gasteiger partial charge in [0.1, 0.15) is 0 Å². The van der Waals surface area contributed by atoms with Gasteiger partial charge in [0.2, 0.25) is 0 Å². The lowest BCUT2D eigenvalue weighted by atomic mass is 9.79. The lowest BCUT2D eigenvalue weighted by Crippen LogP contribution is -2.21. The summed E-state index contributed by atoms with van der Waals surface area (Å²) in [7, 11) is 0. The summed E-state index contributed by atoms with van der Waals surface area (Å²) in [5.41, 5.74) is 5.72. The van der Waals surface area contributed by atoms with Crippen molar-refractivity contribution in [3.05, 3.63) is 52.8 Å². The fourth-order valence-corrected chi connectivity index (χ4v) is 3.03. The van der Waals surface area contributed by atoms with Crippen molar-refractivity contribution in [3.8, 4) is 0 Å². The molecule has 1 aliphatic rings. The Hall–Kier alpha value is -1.57. The normalized spacial score (nSPS) is 21.5. The molecule has 1 unspecified atom stereocenters. The molecule has 0 saturated carbocycles. The molecule has 2 nitrogen and oxygen atoms in total. The fraction of sp³-hybridized carbons (Fsp3) is 0.400. The van der Waals surface area contributed by atoms with Gasteiger partial charge in [0.15, 0.2) is 0 Å². The molecular formula is C15H18N2. The molecule has 0 spiro atoms. The van der Waals surface area contributed by atoms with Crippen LogP contribution in [0.2, 0.25) is 0 Å². The summed E-state index contributed by atoms with van der Waals surface area (Å²) in [5.74, 6) is 0.432. The number of aromatic nitrogens is 2. The van der Waals surface area contributed by atoms with Gasteiger partial charge in [-0.05, 0) is 23.0 Å². The minimum atomic E-state index is 0.169. The summed E-state index contributed by atoms with van der Waals surface area (Å²) < 4.78 is 0. The van der Waals surface area contributed by atoms with Crippen LogP contribution in [0.4, 0.5) is 0 Å². The molecule has 0 bridgehead atoms. The van der Waals surface area contributed by atoms with Crippen LogP contribution in [0.5, 0.6) is 0 Å². The van der Waals surface area contributed by atoms with E-state index in [1.165, 1.54) is 22.4 Å². The second-order valence-electron chi connectivity index (χ2n) is 5.67. The minimum absolute atomic E-state index is 0.169. The van der Waals surface area contributed by atoms with E-state index < -0.39 is 0 Å². The maximum absolute atomic E-state index is 4.21. The van der Waals surface area contributed by atoms with Gasteiger partial charge in [0, 0.05) is 17.2 Å². The molecule has 0 radical (unpaired) electrons. The Morgan fingerprint density at radius 1 is 1.24 bits per heavy atom. The quantitative estimate of drug-likeness (QED) is 0.733. The molecule has 0 fully saturated rings. The van der Waals surface area contributed by atoms with E-state index >= 15 is 0 Å². The summed E-state index contributed by atoms with van der Waals surface area (Å²) in [6.07, 6.45) is 3.02. The highest BCUT2D eigenvalue weighted by atomic mass is 15.1. The lowest BCUT2D eigenvalue weighted by molar-refractivity contribution is 0.515. The van der Waals surface area contributed by atoms with Crippen molar-refractivity contribution in [2.24, 2.45) is 0 Å². The highest BCUT2D eigenvalue weighted by molar-refractivity contribution is 5.45. The Balaban J connectivity index is 2.27. The van der Waals surface area contributed by atoms with Crippen LogP contribution in [0.3, 0.4) is 0 Å². The molecule has 0 amide bonds. The van der Waals surface area contributed by atoms with E-state index in [-0.39, 0.29) is 5.41 Å². The number of H-pyrrole nitrogens is 1. The van der Waals surface area contributed by atoms with Crippen LogP contribution in [-0.2, 0) is 11.8 Å². The average molecular weight is 226 g/mol. The molecule has 1 N–H and O–H groups in total. The molecule has 0 saturated heterocycles. The van der Waals surface area contributed by atoms with E-state index in [1.807, 2.05) is 6.20 Å². The van der Waals surface area contributed by atoms with Gasteiger partial charge in [0.25, 0.3) is 0 Å². The first-order valence-corrected chi connectivity index (χ1v) is 6.21. The Kier molecular flexibility index (Phi) is 2.15. The number of fused-ring (bicyclic) bond motifs is 2. The number of nitrogens with zero attached hydrogens (tertiary/aromatic N) is 1. The Labute approximate surface area is 102 Å². The Morgan fingerprint density at radius 2 is 2.00 bits per heavy atom. The van der Waals surface area contributed by atoms with Crippen LogP contribution in [-0.4, -0.2) is 10.2 Å².